The van der Waals surface area contributed by atoms with Crippen molar-refractivity contribution in [3.05, 3.63) is 0 Å². The molecule has 0 spiro atoms. The van der Waals surface area contributed by atoms with Gasteiger partial charge in [0.05, 0.1) is 0 Å². The van der Waals surface area contributed by atoms with Crippen molar-refractivity contribution in [2.45, 2.75) is 37.5 Å². The van der Waals surface area contributed by atoms with Crippen LogP contribution in [0.5, 0.6) is 0 Å². The van der Waals surface area contributed by atoms with Gasteiger partial charge in [-0.3, -0.25) is 0 Å². The minimum absolute atomic E-state index is 0.0772. The lowest BCUT2D eigenvalue weighted by Gasteiger charge is -2.29. The Labute approximate surface area is 70.6 Å². The summed E-state index contributed by atoms with van der Waals surface area (Å²) >= 11 is -1.29. The Morgan fingerprint density at radius 3 is 2.64 bits per heavy atom. The zero-order valence-corrected chi connectivity index (χ0v) is 7.82. The summed E-state index contributed by atoms with van der Waals surface area (Å²) in [5.74, 6) is 0. The lowest BCUT2D eigenvalue weighted by Crippen LogP contribution is -2.47. The fourth-order valence-electron chi connectivity index (χ4n) is 1.26. The van der Waals surface area contributed by atoms with Gasteiger partial charge < -0.3 is 9.29 Å². The zero-order chi connectivity index (χ0) is 8.48. The summed E-state index contributed by atoms with van der Waals surface area (Å²) in [7, 11) is 0. The van der Waals surface area contributed by atoms with Crippen molar-refractivity contribution < 1.29 is 9.29 Å². The Morgan fingerprint density at radius 1 is 1.64 bits per heavy atom. The minimum atomic E-state index is -1.29. The second kappa shape index (κ2) is 3.31. The molecular weight excluding hydrogens is 162 g/mol. The molecule has 1 saturated heterocycles. The molecule has 0 radical (unpaired) electrons. The van der Waals surface area contributed by atoms with Crippen molar-refractivity contribution in [2.75, 3.05) is 6.61 Å². The van der Waals surface area contributed by atoms with E-state index in [0.717, 1.165) is 19.4 Å². The molecule has 66 valence electrons. The molecule has 2 unspecified atom stereocenters. The van der Waals surface area contributed by atoms with Gasteiger partial charge >= 0.3 is 0 Å². The summed E-state index contributed by atoms with van der Waals surface area (Å²) in [5, 5.41) is 5.34. The SMILES string of the molecule is CC(C)(C1CCCO1)[S+](N)[O-]. The largest absolute Gasteiger partial charge is 0.598 e. The van der Waals surface area contributed by atoms with Gasteiger partial charge in [0.15, 0.2) is 4.75 Å². The Hall–Kier alpha value is 0.230. The molecule has 0 amide bonds. The lowest BCUT2D eigenvalue weighted by atomic mass is 10.0. The van der Waals surface area contributed by atoms with E-state index in [1.54, 1.807) is 0 Å². The third-order valence-electron chi connectivity index (χ3n) is 2.22. The van der Waals surface area contributed by atoms with Crippen LogP contribution in [-0.2, 0) is 16.1 Å². The Bertz CT molecular complexity index is 132. The Balaban J connectivity index is 2.55. The van der Waals surface area contributed by atoms with Gasteiger partial charge in [0, 0.05) is 18.0 Å². The Kier molecular flexibility index (Phi) is 2.80. The van der Waals surface area contributed by atoms with Crippen LogP contribution in [0, 0.1) is 0 Å². The van der Waals surface area contributed by atoms with Gasteiger partial charge in [0.2, 0.25) is 0 Å². The fourth-order valence-corrected chi connectivity index (χ4v) is 1.70. The molecule has 1 fully saturated rings. The maximum Gasteiger partial charge on any atom is 0.165 e. The predicted octanol–water partition coefficient (Wildman–Crippen LogP) is 0.566. The Morgan fingerprint density at radius 2 is 2.27 bits per heavy atom. The first-order valence-electron chi connectivity index (χ1n) is 3.83. The molecule has 1 aliphatic rings. The molecular formula is C7H15NO2S. The topological polar surface area (TPSA) is 58.3 Å². The summed E-state index contributed by atoms with van der Waals surface area (Å²) in [6, 6.07) is 0. The first-order valence-corrected chi connectivity index (χ1v) is 5.04. The molecule has 11 heavy (non-hydrogen) atoms. The van der Waals surface area contributed by atoms with E-state index >= 15 is 0 Å². The quantitative estimate of drug-likeness (QED) is 0.627. The zero-order valence-electron chi connectivity index (χ0n) is 7.00. The molecule has 0 aromatic heterocycles. The van der Waals surface area contributed by atoms with Gasteiger partial charge in [0.1, 0.15) is 6.10 Å². The number of rotatable bonds is 2. The van der Waals surface area contributed by atoms with E-state index in [4.69, 9.17) is 9.88 Å². The smallest absolute Gasteiger partial charge is 0.165 e. The van der Waals surface area contributed by atoms with E-state index < -0.39 is 16.1 Å². The van der Waals surface area contributed by atoms with E-state index in [0.29, 0.717) is 0 Å². The van der Waals surface area contributed by atoms with Crippen molar-refractivity contribution in [3.63, 3.8) is 0 Å². The average molecular weight is 177 g/mol. The van der Waals surface area contributed by atoms with Crippen molar-refractivity contribution in [3.8, 4) is 0 Å². The molecule has 2 N–H and O–H groups in total. The standard InChI is InChI=1S/C7H15NO2S/c1-7(2,11(8)9)6-4-3-5-10-6/h6H,3-5,8H2,1-2H3. The second-order valence-corrected chi connectivity index (χ2v) is 5.05. The summed E-state index contributed by atoms with van der Waals surface area (Å²) in [6.45, 7) is 4.56. The second-order valence-electron chi connectivity index (χ2n) is 3.40. The highest BCUT2D eigenvalue weighted by Crippen LogP contribution is 2.28. The van der Waals surface area contributed by atoms with Gasteiger partial charge in [-0.05, 0) is 26.7 Å². The van der Waals surface area contributed by atoms with Crippen LogP contribution in [0.15, 0.2) is 0 Å². The van der Waals surface area contributed by atoms with E-state index in [1.165, 1.54) is 0 Å². The van der Waals surface area contributed by atoms with Crippen molar-refractivity contribution in [2.24, 2.45) is 5.14 Å². The highest BCUT2D eigenvalue weighted by Gasteiger charge is 2.41. The fraction of sp³-hybridized carbons (Fsp3) is 1.00. The van der Waals surface area contributed by atoms with Crippen LogP contribution in [0.2, 0.25) is 0 Å². The summed E-state index contributed by atoms with van der Waals surface area (Å²) < 4.78 is 16.1. The molecule has 3 nitrogen and oxygen atoms in total. The number of hydrogen-bond acceptors (Lipinski definition) is 3. The maximum absolute atomic E-state index is 11.1. The molecule has 0 aromatic rings. The normalized spacial score (nSPS) is 28.9. The summed E-state index contributed by atoms with van der Waals surface area (Å²) in [5.41, 5.74) is 0. The van der Waals surface area contributed by atoms with Gasteiger partial charge in [0.25, 0.3) is 0 Å². The third kappa shape index (κ3) is 1.87. The molecule has 2 atom stereocenters. The van der Waals surface area contributed by atoms with Gasteiger partial charge in [-0.25, -0.2) is 0 Å². The molecule has 1 heterocycles. The van der Waals surface area contributed by atoms with Gasteiger partial charge in [-0.2, -0.15) is 5.14 Å². The van der Waals surface area contributed by atoms with Crippen LogP contribution in [0.1, 0.15) is 26.7 Å². The van der Waals surface area contributed by atoms with E-state index in [9.17, 15) is 4.55 Å². The average Bonchev–Trinajstić information content (AvgIpc) is 2.37. The van der Waals surface area contributed by atoms with Crippen LogP contribution in [0.25, 0.3) is 0 Å². The highest BCUT2D eigenvalue weighted by molar-refractivity contribution is 7.90. The van der Waals surface area contributed by atoms with Crippen LogP contribution >= 0.6 is 0 Å². The van der Waals surface area contributed by atoms with E-state index in [1.807, 2.05) is 13.8 Å². The highest BCUT2D eigenvalue weighted by atomic mass is 32.2. The molecule has 1 aliphatic heterocycles. The first-order chi connectivity index (χ1) is 5.05. The predicted molar refractivity (Wildman–Crippen MR) is 45.4 cm³/mol. The summed E-state index contributed by atoms with van der Waals surface area (Å²) in [6.07, 6.45) is 2.12. The number of hydrogen-bond donors (Lipinski definition) is 1. The molecule has 0 saturated carbocycles. The molecule has 0 bridgehead atoms. The molecule has 1 rings (SSSR count). The lowest BCUT2D eigenvalue weighted by molar-refractivity contribution is 0.0850. The van der Waals surface area contributed by atoms with Crippen LogP contribution in [-0.4, -0.2) is 22.0 Å². The molecule has 4 heteroatoms. The number of ether oxygens (including phenoxy) is 1. The first kappa shape index (κ1) is 9.32. The van der Waals surface area contributed by atoms with Crippen LogP contribution < -0.4 is 5.14 Å². The van der Waals surface area contributed by atoms with Crippen molar-refractivity contribution in [1.29, 1.82) is 0 Å². The monoisotopic (exact) mass is 177 g/mol. The van der Waals surface area contributed by atoms with Crippen molar-refractivity contribution >= 4 is 11.4 Å². The van der Waals surface area contributed by atoms with Crippen LogP contribution in [0.4, 0.5) is 0 Å². The van der Waals surface area contributed by atoms with Gasteiger partial charge in [-0.15, -0.1) is 0 Å². The van der Waals surface area contributed by atoms with E-state index in [-0.39, 0.29) is 6.10 Å². The maximum atomic E-state index is 11.1. The van der Waals surface area contributed by atoms with Gasteiger partial charge in [-0.1, -0.05) is 0 Å². The molecule has 0 aliphatic carbocycles. The third-order valence-corrected chi connectivity index (χ3v) is 3.52. The van der Waals surface area contributed by atoms with Crippen LogP contribution in [0.3, 0.4) is 0 Å². The summed E-state index contributed by atoms with van der Waals surface area (Å²) in [4.78, 5) is 0. The molecule has 0 aromatic carbocycles. The number of nitrogens with two attached hydrogens (primary N) is 1. The van der Waals surface area contributed by atoms with Crippen molar-refractivity contribution in [1.82, 2.24) is 0 Å². The van der Waals surface area contributed by atoms with E-state index in [2.05, 4.69) is 0 Å². The minimum Gasteiger partial charge on any atom is -0.598 e.